The van der Waals surface area contributed by atoms with Crippen LogP contribution in [0, 0.1) is 11.3 Å². The molecule has 17 heavy (non-hydrogen) atoms. The molecule has 0 saturated carbocycles. The summed E-state index contributed by atoms with van der Waals surface area (Å²) in [5, 5.41) is 5.89. The molecule has 1 aliphatic rings. The molecular weight excluding hydrogens is 220 g/mol. The van der Waals surface area contributed by atoms with Gasteiger partial charge in [0.05, 0.1) is 12.0 Å². The normalized spacial score (nSPS) is 23.8. The number of rotatable bonds is 5. The van der Waals surface area contributed by atoms with Crippen LogP contribution in [-0.2, 0) is 14.3 Å². The van der Waals surface area contributed by atoms with E-state index in [9.17, 15) is 9.59 Å². The van der Waals surface area contributed by atoms with Gasteiger partial charge in [0, 0.05) is 6.54 Å². The van der Waals surface area contributed by atoms with Gasteiger partial charge in [0.25, 0.3) is 0 Å². The molecule has 0 radical (unpaired) electrons. The summed E-state index contributed by atoms with van der Waals surface area (Å²) in [6.07, 6.45) is 0.819. The van der Waals surface area contributed by atoms with Crippen molar-refractivity contribution in [3.05, 3.63) is 0 Å². The van der Waals surface area contributed by atoms with Gasteiger partial charge >= 0.3 is 5.97 Å². The van der Waals surface area contributed by atoms with Crippen LogP contribution in [0.1, 0.15) is 27.2 Å². The predicted octanol–water partition coefficient (Wildman–Crippen LogP) is 0.301. The Kier molecular flexibility index (Phi) is 4.93. The molecule has 0 aromatic heterocycles. The third-order valence-corrected chi connectivity index (χ3v) is 3.44. The van der Waals surface area contributed by atoms with Gasteiger partial charge in [-0.3, -0.25) is 9.59 Å². The van der Waals surface area contributed by atoms with E-state index >= 15 is 0 Å². The van der Waals surface area contributed by atoms with Crippen molar-refractivity contribution in [2.24, 2.45) is 11.3 Å². The number of carbonyl (C=O) groups excluding carboxylic acids is 2. The van der Waals surface area contributed by atoms with E-state index in [0.717, 1.165) is 13.0 Å². The number of esters is 1. The van der Waals surface area contributed by atoms with Gasteiger partial charge in [-0.05, 0) is 25.8 Å². The maximum absolute atomic E-state index is 12.2. The Morgan fingerprint density at radius 1 is 1.47 bits per heavy atom. The Bertz CT molecular complexity index is 283. The molecule has 1 rings (SSSR count). The summed E-state index contributed by atoms with van der Waals surface area (Å²) < 4.78 is 4.78. The molecule has 5 nitrogen and oxygen atoms in total. The topological polar surface area (TPSA) is 67.4 Å². The van der Waals surface area contributed by atoms with Crippen LogP contribution in [0.2, 0.25) is 0 Å². The second-order valence-electron chi connectivity index (χ2n) is 4.73. The van der Waals surface area contributed by atoms with E-state index in [1.54, 1.807) is 6.92 Å². The molecule has 1 aliphatic heterocycles. The van der Waals surface area contributed by atoms with Gasteiger partial charge in [-0.15, -0.1) is 0 Å². The Morgan fingerprint density at radius 2 is 2.18 bits per heavy atom. The highest BCUT2D eigenvalue weighted by atomic mass is 16.5. The van der Waals surface area contributed by atoms with E-state index in [2.05, 4.69) is 10.6 Å². The maximum Gasteiger partial charge on any atom is 0.325 e. The van der Waals surface area contributed by atoms with Gasteiger partial charge < -0.3 is 15.4 Å². The molecule has 1 amide bonds. The van der Waals surface area contributed by atoms with Crippen molar-refractivity contribution >= 4 is 11.9 Å². The van der Waals surface area contributed by atoms with Gasteiger partial charge in [0.1, 0.15) is 6.54 Å². The molecule has 2 N–H and O–H groups in total. The zero-order valence-electron chi connectivity index (χ0n) is 10.8. The van der Waals surface area contributed by atoms with Crippen LogP contribution in [0.5, 0.6) is 0 Å². The van der Waals surface area contributed by atoms with Gasteiger partial charge in [-0.1, -0.05) is 13.8 Å². The summed E-state index contributed by atoms with van der Waals surface area (Å²) in [6, 6.07) is 0. The van der Waals surface area contributed by atoms with Crippen molar-refractivity contribution < 1.29 is 14.3 Å². The monoisotopic (exact) mass is 242 g/mol. The van der Waals surface area contributed by atoms with Crippen molar-refractivity contribution in [2.45, 2.75) is 27.2 Å². The third kappa shape index (κ3) is 3.19. The lowest BCUT2D eigenvalue weighted by Crippen LogP contribution is -2.47. The quantitative estimate of drug-likeness (QED) is 0.681. The number of carbonyl (C=O) groups is 2. The smallest absolute Gasteiger partial charge is 0.325 e. The molecule has 1 unspecified atom stereocenters. The first-order valence-electron chi connectivity index (χ1n) is 6.17. The highest BCUT2D eigenvalue weighted by Gasteiger charge is 2.43. The second-order valence-corrected chi connectivity index (χ2v) is 4.73. The van der Waals surface area contributed by atoms with Crippen LogP contribution in [0.25, 0.3) is 0 Å². The Morgan fingerprint density at radius 3 is 2.65 bits per heavy atom. The number of hydrogen-bond acceptors (Lipinski definition) is 4. The fourth-order valence-corrected chi connectivity index (χ4v) is 2.20. The second kappa shape index (κ2) is 6.00. The molecule has 1 heterocycles. The van der Waals surface area contributed by atoms with Crippen molar-refractivity contribution in [3.63, 3.8) is 0 Å². The van der Waals surface area contributed by atoms with Gasteiger partial charge in [-0.25, -0.2) is 0 Å². The fourth-order valence-electron chi connectivity index (χ4n) is 2.20. The molecule has 1 atom stereocenters. The number of amides is 1. The van der Waals surface area contributed by atoms with Crippen molar-refractivity contribution in [2.75, 3.05) is 26.2 Å². The highest BCUT2D eigenvalue weighted by Crippen LogP contribution is 2.34. The zero-order chi connectivity index (χ0) is 12.9. The van der Waals surface area contributed by atoms with Crippen LogP contribution in [-0.4, -0.2) is 38.1 Å². The van der Waals surface area contributed by atoms with Crippen molar-refractivity contribution in [1.82, 2.24) is 10.6 Å². The third-order valence-electron chi connectivity index (χ3n) is 3.44. The van der Waals surface area contributed by atoms with E-state index in [1.807, 2.05) is 13.8 Å². The molecule has 0 aromatic rings. The van der Waals surface area contributed by atoms with Gasteiger partial charge in [0.15, 0.2) is 0 Å². The van der Waals surface area contributed by atoms with Gasteiger partial charge in [0.2, 0.25) is 5.91 Å². The Hall–Kier alpha value is -1.10. The van der Waals surface area contributed by atoms with E-state index in [-0.39, 0.29) is 29.8 Å². The minimum atomic E-state index is -0.384. The summed E-state index contributed by atoms with van der Waals surface area (Å²) in [6.45, 7) is 7.65. The largest absolute Gasteiger partial charge is 0.465 e. The lowest BCUT2D eigenvalue weighted by molar-refractivity contribution is -0.145. The van der Waals surface area contributed by atoms with Crippen LogP contribution >= 0.6 is 0 Å². The number of ether oxygens (including phenoxy) is 1. The summed E-state index contributed by atoms with van der Waals surface area (Å²) in [5.74, 6) is -0.184. The minimum absolute atomic E-state index is 0.0405. The molecule has 0 aromatic carbocycles. The van der Waals surface area contributed by atoms with Crippen LogP contribution in [0.4, 0.5) is 0 Å². The first-order valence-corrected chi connectivity index (χ1v) is 6.17. The summed E-state index contributed by atoms with van der Waals surface area (Å²) in [5.41, 5.74) is -0.382. The molecule has 0 aliphatic carbocycles. The zero-order valence-corrected chi connectivity index (χ0v) is 10.8. The molecule has 0 bridgehead atoms. The van der Waals surface area contributed by atoms with Gasteiger partial charge in [-0.2, -0.15) is 0 Å². The number of nitrogens with one attached hydrogen (secondary N) is 2. The van der Waals surface area contributed by atoms with E-state index in [4.69, 9.17) is 4.74 Å². The summed E-state index contributed by atoms with van der Waals surface area (Å²) >= 11 is 0. The lowest BCUT2D eigenvalue weighted by atomic mass is 9.75. The number of hydrogen-bond donors (Lipinski definition) is 2. The SMILES string of the molecule is CCOC(=O)CNC(=O)C1(C(C)C)CCNC1. The predicted molar refractivity (Wildman–Crippen MR) is 64.4 cm³/mol. The summed E-state index contributed by atoms with van der Waals surface area (Å²) in [7, 11) is 0. The first-order chi connectivity index (χ1) is 8.03. The lowest BCUT2D eigenvalue weighted by Gasteiger charge is -2.30. The van der Waals surface area contributed by atoms with Crippen LogP contribution in [0.15, 0.2) is 0 Å². The highest BCUT2D eigenvalue weighted by molar-refractivity contribution is 5.87. The van der Waals surface area contributed by atoms with Crippen molar-refractivity contribution in [3.8, 4) is 0 Å². The van der Waals surface area contributed by atoms with E-state index < -0.39 is 0 Å². The fraction of sp³-hybridized carbons (Fsp3) is 0.833. The molecular formula is C12H22N2O3. The minimum Gasteiger partial charge on any atom is -0.465 e. The van der Waals surface area contributed by atoms with Crippen LogP contribution < -0.4 is 10.6 Å². The summed E-state index contributed by atoms with van der Waals surface area (Å²) in [4.78, 5) is 23.3. The van der Waals surface area contributed by atoms with E-state index in [1.165, 1.54) is 0 Å². The maximum atomic E-state index is 12.2. The molecule has 98 valence electrons. The van der Waals surface area contributed by atoms with E-state index in [0.29, 0.717) is 13.2 Å². The standard InChI is InChI=1S/C12H22N2O3/c1-4-17-10(15)7-14-11(16)12(9(2)3)5-6-13-8-12/h9,13H,4-8H2,1-3H3,(H,14,16). The average molecular weight is 242 g/mol. The Balaban J connectivity index is 2.52. The van der Waals surface area contributed by atoms with Crippen LogP contribution in [0.3, 0.4) is 0 Å². The molecule has 5 heteroatoms. The molecule has 1 fully saturated rings. The Labute approximate surface area is 102 Å². The first kappa shape index (κ1) is 14.0. The molecule has 0 spiro atoms. The average Bonchev–Trinajstić information content (AvgIpc) is 2.76. The van der Waals surface area contributed by atoms with Crippen molar-refractivity contribution in [1.29, 1.82) is 0 Å². The molecule has 1 saturated heterocycles.